The second-order valence-corrected chi connectivity index (χ2v) is 8.28. The third-order valence-corrected chi connectivity index (χ3v) is 5.91. The number of hydrogen-bond donors (Lipinski definition) is 2. The Morgan fingerprint density at radius 3 is 2.53 bits per heavy atom. The molecule has 7 nitrogen and oxygen atoms in total. The molecule has 2 heterocycles. The van der Waals surface area contributed by atoms with Gasteiger partial charge in [-0.1, -0.05) is 30.3 Å². The van der Waals surface area contributed by atoms with E-state index in [0.29, 0.717) is 18.0 Å². The van der Waals surface area contributed by atoms with E-state index in [1.807, 2.05) is 36.4 Å². The van der Waals surface area contributed by atoms with Crippen molar-refractivity contribution in [1.29, 1.82) is 5.26 Å². The molecule has 2 aromatic carbocycles. The minimum atomic E-state index is -0.600. The van der Waals surface area contributed by atoms with Gasteiger partial charge in [0, 0.05) is 49.7 Å². The van der Waals surface area contributed by atoms with Crippen molar-refractivity contribution in [2.75, 3.05) is 44.2 Å². The number of aromatic amines is 1. The van der Waals surface area contributed by atoms with Crippen LogP contribution in [-0.2, 0) is 0 Å². The number of aromatic nitrogens is 1. The number of rotatable bonds is 7. The molecule has 1 aliphatic heterocycles. The number of β-amino-alcohol motifs (C(OH)–C–C–N with tert-alkyl or cyclic N) is 1. The number of benzene rings is 2. The van der Waals surface area contributed by atoms with Crippen molar-refractivity contribution in [3.8, 4) is 22.9 Å². The van der Waals surface area contributed by atoms with Gasteiger partial charge in [-0.15, -0.1) is 12.4 Å². The summed E-state index contributed by atoms with van der Waals surface area (Å²) in [7, 11) is 0. The summed E-state index contributed by atoms with van der Waals surface area (Å²) in [6.07, 6.45) is -0.600. The molecule has 2 N–H and O–H groups in total. The quantitative estimate of drug-likeness (QED) is 0.539. The number of nitriles is 1. The molecule has 8 heteroatoms. The smallest absolute Gasteiger partial charge is 0.266 e. The lowest BCUT2D eigenvalue weighted by Gasteiger charge is -2.36. The minimum absolute atomic E-state index is 0. The highest BCUT2D eigenvalue weighted by atomic mass is 35.5. The number of H-pyrrole nitrogens is 1. The first-order chi connectivity index (χ1) is 16.0. The number of aryl methyl sites for hydroxylation is 1. The van der Waals surface area contributed by atoms with E-state index in [1.165, 1.54) is 5.69 Å². The average molecular weight is 481 g/mol. The fraction of sp³-hybridized carbons (Fsp3) is 0.308. The van der Waals surface area contributed by atoms with Crippen molar-refractivity contribution in [3.63, 3.8) is 0 Å². The van der Waals surface area contributed by atoms with E-state index < -0.39 is 6.10 Å². The molecule has 1 aliphatic rings. The van der Waals surface area contributed by atoms with Gasteiger partial charge in [-0.3, -0.25) is 9.69 Å². The highest BCUT2D eigenvalue weighted by Gasteiger charge is 2.20. The Hall–Kier alpha value is -3.31. The van der Waals surface area contributed by atoms with Crippen molar-refractivity contribution >= 4 is 18.1 Å². The molecule has 1 fully saturated rings. The number of ether oxygens (including phenoxy) is 1. The Balaban J connectivity index is 0.00000324. The summed E-state index contributed by atoms with van der Waals surface area (Å²) in [5, 5.41) is 19.7. The number of piperazine rings is 1. The van der Waals surface area contributed by atoms with Gasteiger partial charge < -0.3 is 19.7 Å². The average Bonchev–Trinajstić information content (AvgIpc) is 2.84. The lowest BCUT2D eigenvalue weighted by atomic mass is 10.0. The number of aliphatic hydroxyl groups excluding tert-OH is 1. The molecule has 34 heavy (non-hydrogen) atoms. The van der Waals surface area contributed by atoms with Gasteiger partial charge in [-0.25, -0.2) is 0 Å². The molecule has 0 radical (unpaired) electrons. The zero-order valence-corrected chi connectivity index (χ0v) is 19.9. The molecule has 1 saturated heterocycles. The second kappa shape index (κ2) is 11.7. The van der Waals surface area contributed by atoms with Gasteiger partial charge in [-0.05, 0) is 42.8 Å². The largest absolute Gasteiger partial charge is 0.491 e. The van der Waals surface area contributed by atoms with E-state index in [0.717, 1.165) is 37.3 Å². The Bertz CT molecular complexity index is 1180. The molecule has 0 spiro atoms. The molecular formula is C26H29ClN4O3. The van der Waals surface area contributed by atoms with E-state index >= 15 is 0 Å². The highest BCUT2D eigenvalue weighted by Crippen LogP contribution is 2.26. The van der Waals surface area contributed by atoms with Gasteiger partial charge in [0.05, 0.1) is 0 Å². The highest BCUT2D eigenvalue weighted by molar-refractivity contribution is 5.85. The third-order valence-electron chi connectivity index (χ3n) is 5.91. The van der Waals surface area contributed by atoms with Gasteiger partial charge in [0.15, 0.2) is 0 Å². The lowest BCUT2D eigenvalue weighted by Crippen LogP contribution is -2.49. The lowest BCUT2D eigenvalue weighted by molar-refractivity contribution is 0.0663. The van der Waals surface area contributed by atoms with E-state index in [1.54, 1.807) is 13.0 Å². The number of nitrogens with zero attached hydrogens (tertiary/aromatic N) is 3. The van der Waals surface area contributed by atoms with Gasteiger partial charge in [0.2, 0.25) is 0 Å². The first kappa shape index (κ1) is 25.3. The minimum Gasteiger partial charge on any atom is -0.491 e. The van der Waals surface area contributed by atoms with Crippen molar-refractivity contribution in [1.82, 2.24) is 9.88 Å². The van der Waals surface area contributed by atoms with Crippen molar-refractivity contribution < 1.29 is 9.84 Å². The summed E-state index contributed by atoms with van der Waals surface area (Å²) in [6.45, 7) is 6.21. The Labute approximate surface area is 205 Å². The molecule has 1 unspecified atom stereocenters. The maximum Gasteiger partial charge on any atom is 0.266 e. The summed E-state index contributed by atoms with van der Waals surface area (Å²) >= 11 is 0. The number of nitrogens with one attached hydrogen (secondary N) is 1. The molecule has 0 saturated carbocycles. The predicted molar refractivity (Wildman–Crippen MR) is 136 cm³/mol. The first-order valence-corrected chi connectivity index (χ1v) is 11.1. The van der Waals surface area contributed by atoms with E-state index in [4.69, 9.17) is 10.00 Å². The van der Waals surface area contributed by atoms with Crippen LogP contribution in [0.1, 0.15) is 11.3 Å². The third kappa shape index (κ3) is 6.17. The van der Waals surface area contributed by atoms with Gasteiger partial charge >= 0.3 is 0 Å². The number of aliphatic hydroxyl groups is 1. The van der Waals surface area contributed by atoms with Gasteiger partial charge in [0.1, 0.15) is 30.1 Å². The summed E-state index contributed by atoms with van der Waals surface area (Å²) < 4.78 is 5.86. The summed E-state index contributed by atoms with van der Waals surface area (Å²) in [5.74, 6) is 0.629. The predicted octanol–water partition coefficient (Wildman–Crippen LogP) is 3.21. The van der Waals surface area contributed by atoms with Crippen LogP contribution in [0, 0.1) is 18.3 Å². The van der Waals surface area contributed by atoms with Crippen LogP contribution in [-0.4, -0.2) is 60.4 Å². The van der Waals surface area contributed by atoms with E-state index in [2.05, 4.69) is 39.0 Å². The molecule has 3 aromatic rings. The standard InChI is InChI=1S/C26H28N4O3.ClH/c1-19-25(15-21(16-27)26(32)28-19)20-6-5-9-24(14-20)33-18-23(31)17-29-10-12-30(13-11-29)22-7-3-2-4-8-22;/h2-9,14-15,23,31H,10-13,17-18H2,1H3,(H,28,32);1H. The Morgan fingerprint density at radius 2 is 1.82 bits per heavy atom. The number of anilines is 1. The van der Waals surface area contributed by atoms with Crippen LogP contribution in [0.2, 0.25) is 0 Å². The molecule has 1 atom stereocenters. The molecule has 4 rings (SSSR count). The van der Waals surface area contributed by atoms with Gasteiger partial charge in [0.25, 0.3) is 5.56 Å². The number of pyridine rings is 1. The normalized spacial score (nSPS) is 14.7. The maximum absolute atomic E-state index is 11.8. The Morgan fingerprint density at radius 1 is 1.09 bits per heavy atom. The van der Waals surface area contributed by atoms with E-state index in [-0.39, 0.29) is 30.1 Å². The second-order valence-electron chi connectivity index (χ2n) is 8.28. The summed E-state index contributed by atoms with van der Waals surface area (Å²) in [6, 6.07) is 21.4. The van der Waals surface area contributed by atoms with Gasteiger partial charge in [-0.2, -0.15) is 5.26 Å². The Kier molecular flexibility index (Phi) is 8.72. The van der Waals surface area contributed by atoms with Crippen molar-refractivity contribution in [2.45, 2.75) is 13.0 Å². The monoisotopic (exact) mass is 480 g/mol. The number of para-hydroxylation sites is 1. The van der Waals surface area contributed by atoms with Crippen LogP contribution in [0.15, 0.2) is 65.5 Å². The number of hydrogen-bond acceptors (Lipinski definition) is 6. The molecule has 0 amide bonds. The van der Waals surface area contributed by atoms with Crippen LogP contribution in [0.5, 0.6) is 5.75 Å². The zero-order chi connectivity index (χ0) is 23.2. The van der Waals surface area contributed by atoms with E-state index in [9.17, 15) is 9.90 Å². The van der Waals surface area contributed by atoms with Crippen molar-refractivity contribution in [3.05, 3.63) is 82.3 Å². The van der Waals surface area contributed by atoms with Crippen LogP contribution < -0.4 is 15.2 Å². The van der Waals surface area contributed by atoms with Crippen LogP contribution in [0.3, 0.4) is 0 Å². The van der Waals surface area contributed by atoms with Crippen LogP contribution in [0.25, 0.3) is 11.1 Å². The SMILES string of the molecule is Cc1[nH]c(=O)c(C#N)cc1-c1cccc(OCC(O)CN2CCN(c3ccccc3)CC2)c1.Cl. The fourth-order valence-corrected chi connectivity index (χ4v) is 4.13. The first-order valence-electron chi connectivity index (χ1n) is 11.1. The van der Waals surface area contributed by atoms with Crippen LogP contribution in [0.4, 0.5) is 5.69 Å². The summed E-state index contributed by atoms with van der Waals surface area (Å²) in [5.41, 5.74) is 3.22. The maximum atomic E-state index is 11.8. The molecule has 0 aliphatic carbocycles. The molecule has 178 valence electrons. The fourth-order valence-electron chi connectivity index (χ4n) is 4.13. The zero-order valence-electron chi connectivity index (χ0n) is 19.1. The number of halogens is 1. The molecular weight excluding hydrogens is 452 g/mol. The topological polar surface area (TPSA) is 92.6 Å². The molecule has 1 aromatic heterocycles. The van der Waals surface area contributed by atoms with Crippen molar-refractivity contribution in [2.24, 2.45) is 0 Å². The molecule has 0 bridgehead atoms. The summed E-state index contributed by atoms with van der Waals surface area (Å²) in [4.78, 5) is 19.2. The van der Waals surface area contributed by atoms with Crippen LogP contribution >= 0.6 is 12.4 Å².